The molecule has 1 amide bonds. The first-order valence-corrected chi connectivity index (χ1v) is 5.42. The average molecular weight is 243 g/mol. The molecule has 0 aromatic rings. The van der Waals surface area contributed by atoms with E-state index in [-0.39, 0.29) is 6.54 Å². The third-order valence-corrected chi connectivity index (χ3v) is 1.85. The van der Waals surface area contributed by atoms with Crippen molar-refractivity contribution in [3.63, 3.8) is 0 Å². The van der Waals surface area contributed by atoms with Crippen LogP contribution in [-0.4, -0.2) is 29.3 Å². The predicted molar refractivity (Wildman–Crippen MR) is 64.8 cm³/mol. The van der Waals surface area contributed by atoms with E-state index in [4.69, 9.17) is 9.84 Å². The van der Waals surface area contributed by atoms with Gasteiger partial charge in [-0.05, 0) is 34.6 Å². The van der Waals surface area contributed by atoms with Gasteiger partial charge in [0, 0.05) is 6.54 Å². The molecule has 0 saturated carbocycles. The van der Waals surface area contributed by atoms with Crippen LogP contribution >= 0.6 is 0 Å². The van der Waals surface area contributed by atoms with Crippen molar-refractivity contribution in [1.29, 1.82) is 0 Å². The van der Waals surface area contributed by atoms with Crippen molar-refractivity contribution < 1.29 is 19.4 Å². The lowest BCUT2D eigenvalue weighted by Gasteiger charge is -2.19. The summed E-state index contributed by atoms with van der Waals surface area (Å²) in [5.41, 5.74) is -1.47. The van der Waals surface area contributed by atoms with Crippen molar-refractivity contribution in [2.75, 3.05) is 6.54 Å². The summed E-state index contributed by atoms with van der Waals surface area (Å²) in [6, 6.07) is 0. The number of alkyl carbamates (subject to hydrolysis) is 1. The maximum atomic E-state index is 11.2. The fourth-order valence-electron chi connectivity index (χ4n) is 0.881. The Kier molecular flexibility index (Phi) is 5.19. The largest absolute Gasteiger partial charge is 0.481 e. The van der Waals surface area contributed by atoms with Crippen LogP contribution in [0.15, 0.2) is 12.2 Å². The molecule has 0 fully saturated rings. The Bertz CT molecular complexity index is 313. The van der Waals surface area contributed by atoms with Gasteiger partial charge in [-0.25, -0.2) is 4.79 Å². The van der Waals surface area contributed by atoms with Gasteiger partial charge in [-0.3, -0.25) is 4.79 Å². The minimum Gasteiger partial charge on any atom is -0.481 e. The molecule has 5 heteroatoms. The van der Waals surface area contributed by atoms with Crippen molar-refractivity contribution in [3.05, 3.63) is 12.2 Å². The summed E-state index contributed by atoms with van der Waals surface area (Å²) in [6.45, 7) is 8.73. The zero-order valence-electron chi connectivity index (χ0n) is 11.0. The minimum atomic E-state index is -0.935. The van der Waals surface area contributed by atoms with E-state index in [0.717, 1.165) is 0 Å². The first kappa shape index (κ1) is 15.5. The van der Waals surface area contributed by atoms with Gasteiger partial charge in [0.2, 0.25) is 0 Å². The highest BCUT2D eigenvalue weighted by molar-refractivity contribution is 5.76. The van der Waals surface area contributed by atoms with Gasteiger partial charge in [0.1, 0.15) is 5.60 Å². The third-order valence-electron chi connectivity index (χ3n) is 1.85. The summed E-state index contributed by atoms with van der Waals surface area (Å²) < 4.78 is 5.02. The second-order valence-corrected chi connectivity index (χ2v) is 5.31. The van der Waals surface area contributed by atoms with Gasteiger partial charge < -0.3 is 15.2 Å². The van der Waals surface area contributed by atoms with Crippen LogP contribution in [0.5, 0.6) is 0 Å². The number of nitrogens with one attached hydrogen (secondary N) is 1. The molecule has 0 aliphatic carbocycles. The van der Waals surface area contributed by atoms with Gasteiger partial charge in [0.05, 0.1) is 5.41 Å². The van der Waals surface area contributed by atoms with Crippen molar-refractivity contribution in [2.24, 2.45) is 5.41 Å². The van der Waals surface area contributed by atoms with Crippen LogP contribution < -0.4 is 5.32 Å². The van der Waals surface area contributed by atoms with E-state index in [1.165, 1.54) is 6.08 Å². The molecule has 0 aliphatic heterocycles. The summed E-state index contributed by atoms with van der Waals surface area (Å²) in [6.07, 6.45) is 2.61. The number of amides is 1. The van der Waals surface area contributed by atoms with Crippen molar-refractivity contribution in [2.45, 2.75) is 40.2 Å². The normalized spacial score (nSPS) is 12.5. The number of hydrogen-bond acceptors (Lipinski definition) is 3. The SMILES string of the molecule is CC(C)(C)OC(=O)NC/C=C/C(C)(C)C(=O)O. The third kappa shape index (κ3) is 7.38. The predicted octanol–water partition coefficient (Wildman–Crippen LogP) is 2.18. The minimum absolute atomic E-state index is 0.242. The van der Waals surface area contributed by atoms with E-state index in [1.807, 2.05) is 0 Å². The Hall–Kier alpha value is -1.52. The van der Waals surface area contributed by atoms with E-state index in [2.05, 4.69) is 5.32 Å². The highest BCUT2D eigenvalue weighted by atomic mass is 16.6. The lowest BCUT2D eigenvalue weighted by atomic mass is 9.93. The summed E-state index contributed by atoms with van der Waals surface area (Å²) in [5, 5.41) is 11.3. The number of carbonyl (C=O) groups excluding carboxylic acids is 1. The summed E-state index contributed by atoms with van der Waals surface area (Å²) in [7, 11) is 0. The molecule has 0 spiro atoms. The molecular formula is C12H21NO4. The molecule has 98 valence electrons. The average Bonchev–Trinajstić information content (AvgIpc) is 2.09. The number of carbonyl (C=O) groups is 2. The smallest absolute Gasteiger partial charge is 0.407 e. The zero-order chi connectivity index (χ0) is 13.7. The number of hydrogen-bond donors (Lipinski definition) is 2. The van der Waals surface area contributed by atoms with Crippen LogP contribution in [0.25, 0.3) is 0 Å². The lowest BCUT2D eigenvalue weighted by Crippen LogP contribution is -2.32. The number of aliphatic carboxylic acids is 1. The Morgan fingerprint density at radius 3 is 2.18 bits per heavy atom. The number of carboxylic acids is 1. The van der Waals surface area contributed by atoms with Crippen LogP contribution in [0.2, 0.25) is 0 Å². The molecule has 0 aromatic heterocycles. The van der Waals surface area contributed by atoms with Crippen LogP contribution in [0.4, 0.5) is 4.79 Å². The summed E-state index contributed by atoms with van der Waals surface area (Å²) in [4.78, 5) is 22.0. The maximum absolute atomic E-state index is 11.2. The molecular weight excluding hydrogens is 222 g/mol. The molecule has 5 nitrogen and oxygen atoms in total. The van der Waals surface area contributed by atoms with E-state index in [9.17, 15) is 9.59 Å². The molecule has 0 unspecified atom stereocenters. The molecule has 0 atom stereocenters. The van der Waals surface area contributed by atoms with Gasteiger partial charge in [-0.2, -0.15) is 0 Å². The summed E-state index contributed by atoms with van der Waals surface area (Å²) >= 11 is 0. The van der Waals surface area contributed by atoms with Gasteiger partial charge in [0.25, 0.3) is 0 Å². The Balaban J connectivity index is 4.05. The molecule has 0 heterocycles. The first-order valence-electron chi connectivity index (χ1n) is 5.42. The van der Waals surface area contributed by atoms with Crippen LogP contribution in [0, 0.1) is 5.41 Å². The van der Waals surface area contributed by atoms with E-state index >= 15 is 0 Å². The number of ether oxygens (including phenoxy) is 1. The van der Waals surface area contributed by atoms with Crippen LogP contribution in [0.3, 0.4) is 0 Å². The van der Waals surface area contributed by atoms with Gasteiger partial charge in [0.15, 0.2) is 0 Å². The Morgan fingerprint density at radius 2 is 1.76 bits per heavy atom. The Labute approximate surface area is 102 Å². The van der Waals surface area contributed by atoms with E-state index in [0.29, 0.717) is 0 Å². The quantitative estimate of drug-likeness (QED) is 0.742. The van der Waals surface area contributed by atoms with Crippen molar-refractivity contribution >= 4 is 12.1 Å². The molecule has 0 rings (SSSR count). The van der Waals surface area contributed by atoms with E-state index < -0.39 is 23.1 Å². The van der Waals surface area contributed by atoms with E-state index in [1.54, 1.807) is 40.7 Å². The van der Waals surface area contributed by atoms with Gasteiger partial charge in [-0.15, -0.1) is 0 Å². The lowest BCUT2D eigenvalue weighted by molar-refractivity contribution is -0.144. The van der Waals surface area contributed by atoms with Crippen LogP contribution in [-0.2, 0) is 9.53 Å². The fourth-order valence-corrected chi connectivity index (χ4v) is 0.881. The zero-order valence-corrected chi connectivity index (χ0v) is 11.0. The number of carboxylic acid groups (broad SMARTS) is 1. The van der Waals surface area contributed by atoms with Crippen molar-refractivity contribution in [3.8, 4) is 0 Å². The fraction of sp³-hybridized carbons (Fsp3) is 0.667. The molecule has 0 bridgehead atoms. The van der Waals surface area contributed by atoms with Gasteiger partial charge in [-0.1, -0.05) is 12.2 Å². The van der Waals surface area contributed by atoms with Crippen molar-refractivity contribution in [1.82, 2.24) is 5.32 Å². The second kappa shape index (κ2) is 5.70. The molecule has 0 radical (unpaired) electrons. The first-order chi connectivity index (χ1) is 7.54. The highest BCUT2D eigenvalue weighted by Gasteiger charge is 2.22. The monoisotopic (exact) mass is 243 g/mol. The summed E-state index contributed by atoms with van der Waals surface area (Å²) in [5.74, 6) is -0.911. The molecule has 17 heavy (non-hydrogen) atoms. The topological polar surface area (TPSA) is 75.6 Å². The molecule has 0 aromatic carbocycles. The molecule has 0 saturated heterocycles. The standard InChI is InChI=1S/C12H21NO4/c1-11(2,3)17-10(16)13-8-6-7-12(4,5)9(14)15/h6-7H,8H2,1-5H3,(H,13,16)(H,14,15)/b7-6+. The Morgan fingerprint density at radius 1 is 1.24 bits per heavy atom. The second-order valence-electron chi connectivity index (χ2n) is 5.31. The van der Waals surface area contributed by atoms with Crippen LogP contribution in [0.1, 0.15) is 34.6 Å². The number of rotatable bonds is 4. The molecule has 0 aliphatic rings. The maximum Gasteiger partial charge on any atom is 0.407 e. The highest BCUT2D eigenvalue weighted by Crippen LogP contribution is 2.16. The van der Waals surface area contributed by atoms with Gasteiger partial charge >= 0.3 is 12.1 Å². The molecule has 2 N–H and O–H groups in total.